The summed E-state index contributed by atoms with van der Waals surface area (Å²) in [5.74, 6) is -4.31. The van der Waals surface area contributed by atoms with E-state index in [9.17, 15) is 14.4 Å². The molecule has 1 aromatic rings. The number of carbonyl (C=O) groups excluding carboxylic acids is 3. The molecule has 1 aromatic carbocycles. The molecular weight excluding hydrogens is 318 g/mol. The summed E-state index contributed by atoms with van der Waals surface area (Å²) in [6.45, 7) is 2.93. The number of nitrogens with zero attached hydrogens (tertiary/aromatic N) is 1. The van der Waals surface area contributed by atoms with E-state index in [0.29, 0.717) is 5.69 Å². The Bertz CT molecular complexity index is 688. The van der Waals surface area contributed by atoms with E-state index in [1.54, 1.807) is 0 Å². The van der Waals surface area contributed by atoms with E-state index >= 15 is 0 Å². The van der Waals surface area contributed by atoms with E-state index in [2.05, 4.69) is 9.73 Å². The van der Waals surface area contributed by atoms with Crippen molar-refractivity contribution in [2.75, 3.05) is 14.2 Å². The number of aliphatic imine (C=N–C) groups is 1. The van der Waals surface area contributed by atoms with E-state index in [1.807, 2.05) is 0 Å². The van der Waals surface area contributed by atoms with E-state index in [-0.39, 0.29) is 11.3 Å². The normalized spacial score (nSPS) is 17.3. The molecular formula is C16H17NO7. The number of benzene rings is 1. The summed E-state index contributed by atoms with van der Waals surface area (Å²) in [5.41, 5.74) is 0.613. The zero-order valence-electron chi connectivity index (χ0n) is 13.7. The predicted molar refractivity (Wildman–Crippen MR) is 82.2 cm³/mol. The van der Waals surface area contributed by atoms with Crippen LogP contribution in [0.15, 0.2) is 23.2 Å². The molecule has 0 N–H and O–H groups in total. The average molecular weight is 335 g/mol. The van der Waals surface area contributed by atoms with Gasteiger partial charge in [0.25, 0.3) is 5.79 Å². The molecule has 2 rings (SSSR count). The molecule has 0 aromatic heterocycles. The van der Waals surface area contributed by atoms with Crippen LogP contribution in [0.25, 0.3) is 0 Å². The zero-order chi connectivity index (χ0) is 17.9. The number of rotatable bonds is 4. The van der Waals surface area contributed by atoms with E-state index in [0.717, 1.165) is 6.21 Å². The predicted octanol–water partition coefficient (Wildman–Crippen LogP) is 1.64. The van der Waals surface area contributed by atoms with Crippen molar-refractivity contribution >= 4 is 29.8 Å². The molecule has 24 heavy (non-hydrogen) atoms. The number of hydrogen-bond donors (Lipinski definition) is 0. The van der Waals surface area contributed by atoms with Crippen LogP contribution in [0.1, 0.15) is 24.2 Å². The first-order chi connectivity index (χ1) is 11.3. The highest BCUT2D eigenvalue weighted by molar-refractivity contribution is 6.10. The van der Waals surface area contributed by atoms with Crippen molar-refractivity contribution in [2.45, 2.75) is 19.6 Å². The van der Waals surface area contributed by atoms with Gasteiger partial charge >= 0.3 is 17.9 Å². The third kappa shape index (κ3) is 3.70. The Morgan fingerprint density at radius 3 is 2.38 bits per heavy atom. The van der Waals surface area contributed by atoms with Crippen LogP contribution in [-0.2, 0) is 23.8 Å². The van der Waals surface area contributed by atoms with Crippen molar-refractivity contribution < 1.29 is 33.3 Å². The number of hydrogen-bond acceptors (Lipinski definition) is 8. The molecule has 1 aliphatic heterocycles. The maximum Gasteiger partial charge on any atom is 0.341 e. The molecule has 1 saturated heterocycles. The number of carbonyl (C=O) groups is 3. The second-order valence-electron chi connectivity index (χ2n) is 5.37. The van der Waals surface area contributed by atoms with Gasteiger partial charge in [-0.3, -0.25) is 14.6 Å². The molecule has 0 saturated carbocycles. The van der Waals surface area contributed by atoms with Gasteiger partial charge in [-0.25, -0.2) is 4.79 Å². The molecule has 1 aliphatic rings. The fourth-order valence-electron chi connectivity index (χ4n) is 2.05. The van der Waals surface area contributed by atoms with Gasteiger partial charge in [0.15, 0.2) is 5.92 Å². The molecule has 0 unspecified atom stereocenters. The lowest BCUT2D eigenvalue weighted by atomic mass is 10.1. The van der Waals surface area contributed by atoms with Crippen molar-refractivity contribution in [2.24, 2.45) is 10.9 Å². The van der Waals surface area contributed by atoms with Gasteiger partial charge < -0.3 is 18.9 Å². The highest BCUT2D eigenvalue weighted by atomic mass is 16.7. The second kappa shape index (κ2) is 6.69. The van der Waals surface area contributed by atoms with Crippen LogP contribution in [0.3, 0.4) is 0 Å². The summed E-state index contributed by atoms with van der Waals surface area (Å²) >= 11 is 0. The molecule has 1 fully saturated rings. The first-order valence-electron chi connectivity index (χ1n) is 7.03. The highest BCUT2D eigenvalue weighted by Crippen LogP contribution is 2.27. The van der Waals surface area contributed by atoms with Gasteiger partial charge in [0.1, 0.15) is 11.3 Å². The Morgan fingerprint density at radius 2 is 1.83 bits per heavy atom. The van der Waals surface area contributed by atoms with Gasteiger partial charge in [0.2, 0.25) is 0 Å². The number of esters is 3. The topological polar surface area (TPSA) is 100 Å². The minimum absolute atomic E-state index is 0.234. The Kier molecular flexibility index (Phi) is 4.87. The standard InChI is InChI=1S/C16H17NO7/c1-16(2)23-14(19)11(15(20)24-16)8-17-9-5-6-10(13(18)22-4)12(7-9)21-3/h5-8,11H,1-4H3. The van der Waals surface area contributed by atoms with Crippen molar-refractivity contribution in [1.82, 2.24) is 0 Å². The third-order valence-electron chi connectivity index (χ3n) is 3.16. The summed E-state index contributed by atoms with van der Waals surface area (Å²) in [4.78, 5) is 39.3. The van der Waals surface area contributed by atoms with E-state index in [1.165, 1.54) is 46.3 Å². The molecule has 0 aliphatic carbocycles. The number of ether oxygens (including phenoxy) is 4. The summed E-state index contributed by atoms with van der Waals surface area (Å²) in [7, 11) is 2.66. The third-order valence-corrected chi connectivity index (χ3v) is 3.16. The molecule has 0 amide bonds. The lowest BCUT2D eigenvalue weighted by Crippen LogP contribution is -2.46. The van der Waals surface area contributed by atoms with Crippen LogP contribution in [0.5, 0.6) is 5.75 Å². The Labute approximate surface area is 138 Å². The minimum Gasteiger partial charge on any atom is -0.496 e. The largest absolute Gasteiger partial charge is 0.496 e. The zero-order valence-corrected chi connectivity index (χ0v) is 13.7. The maximum atomic E-state index is 11.8. The van der Waals surface area contributed by atoms with Crippen molar-refractivity contribution in [1.29, 1.82) is 0 Å². The van der Waals surface area contributed by atoms with Crippen LogP contribution >= 0.6 is 0 Å². The molecule has 0 atom stereocenters. The van der Waals surface area contributed by atoms with Gasteiger partial charge in [-0.15, -0.1) is 0 Å². The van der Waals surface area contributed by atoms with Crippen molar-refractivity contribution in [3.8, 4) is 5.75 Å². The highest BCUT2D eigenvalue weighted by Gasteiger charge is 2.42. The molecule has 0 spiro atoms. The Hall–Kier alpha value is -2.90. The molecule has 128 valence electrons. The SMILES string of the molecule is COC(=O)c1ccc(N=CC2C(=O)OC(C)(C)OC2=O)cc1OC. The van der Waals surface area contributed by atoms with Crippen molar-refractivity contribution in [3.63, 3.8) is 0 Å². The maximum absolute atomic E-state index is 11.8. The Morgan fingerprint density at radius 1 is 1.21 bits per heavy atom. The van der Waals surface area contributed by atoms with Gasteiger partial charge in [-0.05, 0) is 12.1 Å². The van der Waals surface area contributed by atoms with E-state index < -0.39 is 29.6 Å². The van der Waals surface area contributed by atoms with Gasteiger partial charge in [-0.2, -0.15) is 0 Å². The van der Waals surface area contributed by atoms with Gasteiger partial charge in [0, 0.05) is 26.1 Å². The summed E-state index contributed by atoms with van der Waals surface area (Å²) in [6, 6.07) is 4.47. The fraction of sp³-hybridized carbons (Fsp3) is 0.375. The molecule has 8 nitrogen and oxygen atoms in total. The smallest absolute Gasteiger partial charge is 0.341 e. The van der Waals surface area contributed by atoms with Gasteiger partial charge in [-0.1, -0.05) is 0 Å². The lowest BCUT2D eigenvalue weighted by Gasteiger charge is -2.31. The minimum atomic E-state index is -1.29. The lowest BCUT2D eigenvalue weighted by molar-refractivity contribution is -0.235. The molecule has 1 heterocycles. The molecule has 8 heteroatoms. The van der Waals surface area contributed by atoms with Crippen LogP contribution in [0.4, 0.5) is 5.69 Å². The number of methoxy groups -OCH3 is 2. The van der Waals surface area contributed by atoms with Crippen LogP contribution in [0, 0.1) is 5.92 Å². The molecule has 0 radical (unpaired) electrons. The first-order valence-corrected chi connectivity index (χ1v) is 7.03. The second-order valence-corrected chi connectivity index (χ2v) is 5.37. The average Bonchev–Trinajstić information content (AvgIpc) is 2.52. The summed E-state index contributed by atoms with van der Waals surface area (Å²) < 4.78 is 19.7. The van der Waals surface area contributed by atoms with E-state index in [4.69, 9.17) is 14.2 Å². The van der Waals surface area contributed by atoms with Gasteiger partial charge in [0.05, 0.1) is 19.9 Å². The van der Waals surface area contributed by atoms with Crippen LogP contribution < -0.4 is 4.74 Å². The fourth-order valence-corrected chi connectivity index (χ4v) is 2.05. The first kappa shape index (κ1) is 17.5. The monoisotopic (exact) mass is 335 g/mol. The summed E-state index contributed by atoms with van der Waals surface area (Å²) in [5, 5.41) is 0. The van der Waals surface area contributed by atoms with Crippen molar-refractivity contribution in [3.05, 3.63) is 23.8 Å². The quantitative estimate of drug-likeness (QED) is 0.468. The Balaban J connectivity index is 2.22. The molecule has 0 bridgehead atoms. The number of cyclic esters (lactones) is 2. The van der Waals surface area contributed by atoms with Crippen LogP contribution in [0.2, 0.25) is 0 Å². The van der Waals surface area contributed by atoms with Crippen LogP contribution in [-0.4, -0.2) is 44.1 Å². The summed E-state index contributed by atoms with van der Waals surface area (Å²) in [6.07, 6.45) is 1.13.